The number of hydrogen-bond acceptors (Lipinski definition) is 5. The first-order chi connectivity index (χ1) is 17.8. The van der Waals surface area contributed by atoms with Crippen LogP contribution in [-0.2, 0) is 6.54 Å². The van der Waals surface area contributed by atoms with E-state index < -0.39 is 12.3 Å². The number of ether oxygens (including phenoxy) is 1. The quantitative estimate of drug-likeness (QED) is 0.266. The SMILES string of the molecule is COc1ccc(-c2cc(C(F)F)n3ncc(C(=O)Nc4cnn(Cc5ccc(Cl)c(Cl)c5)c4)c3n2)cc1. The number of nitrogens with one attached hydrogen (secondary N) is 1. The van der Waals surface area contributed by atoms with Crippen LogP contribution in [0.25, 0.3) is 16.9 Å². The average Bonchev–Trinajstić information content (AvgIpc) is 3.52. The van der Waals surface area contributed by atoms with Gasteiger partial charge in [0.1, 0.15) is 17.0 Å². The van der Waals surface area contributed by atoms with Gasteiger partial charge in [-0.15, -0.1) is 0 Å². The molecule has 188 valence electrons. The number of methoxy groups -OCH3 is 1. The van der Waals surface area contributed by atoms with Gasteiger partial charge in [0, 0.05) is 11.8 Å². The Labute approximate surface area is 219 Å². The summed E-state index contributed by atoms with van der Waals surface area (Å²) in [6.07, 6.45) is 1.48. The van der Waals surface area contributed by atoms with E-state index in [4.69, 9.17) is 27.9 Å². The van der Waals surface area contributed by atoms with Crippen LogP contribution in [0.4, 0.5) is 14.5 Å². The van der Waals surface area contributed by atoms with Crippen molar-refractivity contribution >= 4 is 40.4 Å². The summed E-state index contributed by atoms with van der Waals surface area (Å²) in [7, 11) is 1.53. The lowest BCUT2D eigenvalue weighted by atomic mass is 10.1. The van der Waals surface area contributed by atoms with E-state index in [1.807, 2.05) is 6.07 Å². The van der Waals surface area contributed by atoms with E-state index in [-0.39, 0.29) is 22.6 Å². The molecule has 0 aliphatic rings. The van der Waals surface area contributed by atoms with E-state index in [1.165, 1.54) is 25.6 Å². The van der Waals surface area contributed by atoms with E-state index >= 15 is 0 Å². The Morgan fingerprint density at radius 2 is 1.84 bits per heavy atom. The number of nitrogens with zero attached hydrogens (tertiary/aromatic N) is 5. The fraction of sp³-hybridized carbons (Fsp3) is 0.120. The molecular formula is C25H18Cl2F2N6O2. The van der Waals surface area contributed by atoms with E-state index in [2.05, 4.69) is 20.5 Å². The van der Waals surface area contributed by atoms with Gasteiger partial charge in [0.25, 0.3) is 12.3 Å². The van der Waals surface area contributed by atoms with Crippen LogP contribution in [0.1, 0.15) is 28.0 Å². The molecule has 0 fully saturated rings. The van der Waals surface area contributed by atoms with Crippen LogP contribution in [0.2, 0.25) is 10.0 Å². The molecule has 5 rings (SSSR count). The van der Waals surface area contributed by atoms with Gasteiger partial charge in [-0.05, 0) is 48.0 Å². The maximum absolute atomic E-state index is 13.9. The summed E-state index contributed by atoms with van der Waals surface area (Å²) in [6, 6.07) is 13.3. The Kier molecular flexibility index (Phi) is 6.77. The smallest absolute Gasteiger partial charge is 0.280 e. The highest BCUT2D eigenvalue weighted by atomic mass is 35.5. The minimum atomic E-state index is -2.84. The third-order valence-electron chi connectivity index (χ3n) is 5.57. The van der Waals surface area contributed by atoms with Crippen molar-refractivity contribution in [3.63, 3.8) is 0 Å². The van der Waals surface area contributed by atoms with Crippen molar-refractivity contribution in [1.29, 1.82) is 0 Å². The van der Waals surface area contributed by atoms with Crippen LogP contribution < -0.4 is 10.1 Å². The molecule has 0 spiro atoms. The van der Waals surface area contributed by atoms with Crippen LogP contribution in [-0.4, -0.2) is 37.4 Å². The predicted octanol–water partition coefficient (Wildman–Crippen LogP) is 6.15. The van der Waals surface area contributed by atoms with Crippen LogP contribution in [0, 0.1) is 0 Å². The van der Waals surface area contributed by atoms with Crippen molar-refractivity contribution < 1.29 is 18.3 Å². The monoisotopic (exact) mass is 542 g/mol. The largest absolute Gasteiger partial charge is 0.497 e. The Balaban J connectivity index is 1.42. The molecule has 0 unspecified atom stereocenters. The Hall–Kier alpha value is -4.02. The van der Waals surface area contributed by atoms with Crippen LogP contribution >= 0.6 is 23.2 Å². The van der Waals surface area contributed by atoms with Crippen molar-refractivity contribution in [3.8, 4) is 17.0 Å². The van der Waals surface area contributed by atoms with Crippen molar-refractivity contribution in [2.75, 3.05) is 12.4 Å². The normalized spacial score (nSPS) is 11.3. The van der Waals surface area contributed by atoms with Gasteiger partial charge < -0.3 is 10.1 Å². The van der Waals surface area contributed by atoms with Crippen LogP contribution in [0.5, 0.6) is 5.75 Å². The number of alkyl halides is 2. The molecule has 5 aromatic rings. The molecule has 0 bridgehead atoms. The zero-order valence-corrected chi connectivity index (χ0v) is 20.7. The summed E-state index contributed by atoms with van der Waals surface area (Å²) in [4.78, 5) is 17.5. The molecule has 12 heteroatoms. The molecule has 2 aromatic carbocycles. The molecule has 3 heterocycles. The Morgan fingerprint density at radius 1 is 1.05 bits per heavy atom. The summed E-state index contributed by atoms with van der Waals surface area (Å²) >= 11 is 12.0. The third-order valence-corrected chi connectivity index (χ3v) is 6.31. The number of carbonyl (C=O) groups is 1. The first-order valence-electron chi connectivity index (χ1n) is 10.9. The molecule has 0 aliphatic heterocycles. The summed E-state index contributed by atoms with van der Waals surface area (Å²) in [5.74, 6) is 0.0479. The first-order valence-corrected chi connectivity index (χ1v) is 11.7. The number of anilines is 1. The van der Waals surface area contributed by atoms with Gasteiger partial charge >= 0.3 is 0 Å². The van der Waals surface area contributed by atoms with Gasteiger partial charge in [-0.3, -0.25) is 9.48 Å². The zero-order chi connectivity index (χ0) is 26.1. The lowest BCUT2D eigenvalue weighted by Crippen LogP contribution is -2.12. The number of rotatable bonds is 7. The van der Waals surface area contributed by atoms with Crippen molar-refractivity contribution in [1.82, 2.24) is 24.4 Å². The maximum Gasteiger partial charge on any atom is 0.280 e. The van der Waals surface area contributed by atoms with Crippen molar-refractivity contribution in [3.05, 3.63) is 94.0 Å². The molecule has 0 atom stereocenters. The minimum absolute atomic E-state index is 0.00400. The highest BCUT2D eigenvalue weighted by Crippen LogP contribution is 2.28. The fourth-order valence-electron chi connectivity index (χ4n) is 3.75. The number of hydrogen-bond donors (Lipinski definition) is 1. The second-order valence-corrected chi connectivity index (χ2v) is 8.83. The number of aromatic nitrogens is 5. The molecule has 37 heavy (non-hydrogen) atoms. The Morgan fingerprint density at radius 3 is 2.54 bits per heavy atom. The molecular weight excluding hydrogens is 525 g/mol. The average molecular weight is 543 g/mol. The lowest BCUT2D eigenvalue weighted by Gasteiger charge is -2.09. The maximum atomic E-state index is 13.9. The van der Waals surface area contributed by atoms with Gasteiger partial charge in [-0.1, -0.05) is 29.3 Å². The molecule has 8 nitrogen and oxygen atoms in total. The molecule has 1 N–H and O–H groups in total. The fourth-order valence-corrected chi connectivity index (χ4v) is 4.07. The number of carbonyl (C=O) groups excluding carboxylic acids is 1. The Bertz CT molecular complexity index is 1600. The van der Waals surface area contributed by atoms with Gasteiger partial charge in [0.2, 0.25) is 0 Å². The van der Waals surface area contributed by atoms with E-state index in [0.29, 0.717) is 33.6 Å². The van der Waals surface area contributed by atoms with Gasteiger partial charge in [-0.25, -0.2) is 18.3 Å². The third kappa shape index (κ3) is 5.11. The number of halogens is 4. The highest BCUT2D eigenvalue weighted by Gasteiger charge is 2.22. The van der Waals surface area contributed by atoms with E-state index in [1.54, 1.807) is 47.3 Å². The molecule has 0 aliphatic carbocycles. The first kappa shape index (κ1) is 24.7. The summed E-state index contributed by atoms with van der Waals surface area (Å²) < 4.78 is 35.5. The summed E-state index contributed by atoms with van der Waals surface area (Å²) in [6.45, 7) is 0.397. The predicted molar refractivity (Wildman–Crippen MR) is 136 cm³/mol. The molecule has 0 radical (unpaired) electrons. The van der Waals surface area contributed by atoms with Gasteiger partial charge in [0.15, 0.2) is 5.65 Å². The van der Waals surface area contributed by atoms with E-state index in [0.717, 1.165) is 10.1 Å². The second kappa shape index (κ2) is 10.2. The van der Waals surface area contributed by atoms with Crippen LogP contribution in [0.15, 0.2) is 67.1 Å². The van der Waals surface area contributed by atoms with Gasteiger partial charge in [-0.2, -0.15) is 10.2 Å². The zero-order valence-electron chi connectivity index (χ0n) is 19.2. The minimum Gasteiger partial charge on any atom is -0.497 e. The molecule has 1 amide bonds. The number of fused-ring (bicyclic) bond motifs is 1. The molecule has 0 saturated heterocycles. The number of benzene rings is 2. The molecule has 0 saturated carbocycles. The summed E-state index contributed by atoms with van der Waals surface area (Å²) in [5, 5.41) is 11.8. The number of amides is 1. The van der Waals surface area contributed by atoms with Gasteiger partial charge in [0.05, 0.1) is 47.5 Å². The van der Waals surface area contributed by atoms with E-state index in [9.17, 15) is 13.6 Å². The lowest BCUT2D eigenvalue weighted by molar-refractivity contribution is 0.102. The van der Waals surface area contributed by atoms with Crippen molar-refractivity contribution in [2.45, 2.75) is 13.0 Å². The molecule has 3 aromatic heterocycles. The standard InChI is InChI=1S/C25H18Cl2F2N6O2/c1-37-17-5-3-15(4-6-17)21-9-22(23(28)29)35-24(33-21)18(11-31-35)25(36)32-16-10-30-34(13-16)12-14-2-7-19(26)20(27)8-14/h2-11,13,23H,12H2,1H3,(H,32,36). The second-order valence-electron chi connectivity index (χ2n) is 8.02. The van der Waals surface area contributed by atoms with Crippen molar-refractivity contribution in [2.24, 2.45) is 0 Å². The highest BCUT2D eigenvalue weighted by molar-refractivity contribution is 6.42. The topological polar surface area (TPSA) is 86.3 Å². The summed E-state index contributed by atoms with van der Waals surface area (Å²) in [5.41, 5.74) is 1.79. The van der Waals surface area contributed by atoms with Crippen LogP contribution in [0.3, 0.4) is 0 Å².